The molecule has 0 atom stereocenters. The molecule has 0 aliphatic rings. The van der Waals surface area contributed by atoms with Gasteiger partial charge in [-0.3, -0.25) is 9.59 Å². The quantitative estimate of drug-likeness (QED) is 0.843. The second kappa shape index (κ2) is 7.78. The summed E-state index contributed by atoms with van der Waals surface area (Å²) in [5.41, 5.74) is 6.43. The number of aromatic nitrogens is 2. The highest BCUT2D eigenvalue weighted by molar-refractivity contribution is 6.30. The van der Waals surface area contributed by atoms with Crippen LogP contribution in [0.25, 0.3) is 5.69 Å². The summed E-state index contributed by atoms with van der Waals surface area (Å²) in [6.07, 6.45) is 4.85. The average Bonchev–Trinajstić information content (AvgIpc) is 3.01. The van der Waals surface area contributed by atoms with E-state index in [1.54, 1.807) is 23.0 Å². The van der Waals surface area contributed by atoms with E-state index >= 15 is 0 Å². The van der Waals surface area contributed by atoms with Crippen molar-refractivity contribution in [3.63, 3.8) is 0 Å². The first-order chi connectivity index (χ1) is 11.0. The van der Waals surface area contributed by atoms with Crippen LogP contribution in [-0.2, 0) is 4.79 Å². The fourth-order valence-corrected chi connectivity index (χ4v) is 2.27. The summed E-state index contributed by atoms with van der Waals surface area (Å²) >= 11 is 5.86. The summed E-state index contributed by atoms with van der Waals surface area (Å²) in [4.78, 5) is 25.1. The maximum absolute atomic E-state index is 12.5. The molecule has 2 N–H and O–H groups in total. The molecule has 0 spiro atoms. The largest absolute Gasteiger partial charge is 0.368 e. The minimum absolute atomic E-state index is 0.0923. The number of carbonyl (C=O) groups excluding carboxylic acids is 2. The third-order valence-corrected chi connectivity index (χ3v) is 3.59. The SMILES string of the molecule is CCCCN(CC(N)=O)C(=O)c1cnn(-c2ccc(Cl)cc2)c1. The number of hydrogen-bond acceptors (Lipinski definition) is 3. The Morgan fingerprint density at radius 2 is 2.00 bits per heavy atom. The van der Waals surface area contributed by atoms with Crippen molar-refractivity contribution in [3.05, 3.63) is 47.2 Å². The fraction of sp³-hybridized carbons (Fsp3) is 0.312. The smallest absolute Gasteiger partial charge is 0.257 e. The van der Waals surface area contributed by atoms with Crippen LogP contribution in [0.3, 0.4) is 0 Å². The summed E-state index contributed by atoms with van der Waals surface area (Å²) in [5.74, 6) is -0.781. The van der Waals surface area contributed by atoms with Crippen molar-refractivity contribution >= 4 is 23.4 Å². The third-order valence-electron chi connectivity index (χ3n) is 3.34. The van der Waals surface area contributed by atoms with Gasteiger partial charge in [0.25, 0.3) is 5.91 Å². The van der Waals surface area contributed by atoms with Crippen LogP contribution in [0.5, 0.6) is 0 Å². The number of unbranched alkanes of at least 4 members (excludes halogenated alkanes) is 1. The molecule has 1 heterocycles. The second-order valence-corrected chi connectivity index (χ2v) is 5.63. The standard InChI is InChI=1S/C16H19ClN4O2/c1-2-3-8-20(11-15(18)22)16(23)12-9-19-21(10-12)14-6-4-13(17)5-7-14/h4-7,9-10H,2-3,8,11H2,1H3,(H2,18,22). The molecule has 0 fully saturated rings. The lowest BCUT2D eigenvalue weighted by atomic mass is 10.2. The molecule has 0 saturated heterocycles. The highest BCUT2D eigenvalue weighted by Crippen LogP contribution is 2.14. The predicted octanol–water partition coefficient (Wildman–Crippen LogP) is 2.25. The number of amides is 2. The van der Waals surface area contributed by atoms with Crippen LogP contribution in [0, 0.1) is 0 Å². The van der Waals surface area contributed by atoms with Gasteiger partial charge in [-0.25, -0.2) is 4.68 Å². The molecular formula is C16H19ClN4O2. The van der Waals surface area contributed by atoms with Crippen molar-refractivity contribution in [2.24, 2.45) is 5.73 Å². The Morgan fingerprint density at radius 3 is 2.61 bits per heavy atom. The molecule has 0 bridgehead atoms. The number of benzene rings is 1. The van der Waals surface area contributed by atoms with Crippen molar-refractivity contribution in [3.8, 4) is 5.69 Å². The first-order valence-corrected chi connectivity index (χ1v) is 7.77. The molecule has 2 aromatic rings. The van der Waals surface area contributed by atoms with E-state index in [1.165, 1.54) is 11.1 Å². The average molecular weight is 335 g/mol. The molecule has 23 heavy (non-hydrogen) atoms. The van der Waals surface area contributed by atoms with E-state index in [-0.39, 0.29) is 12.5 Å². The maximum Gasteiger partial charge on any atom is 0.257 e. The van der Waals surface area contributed by atoms with E-state index in [0.717, 1.165) is 18.5 Å². The van der Waals surface area contributed by atoms with Gasteiger partial charge >= 0.3 is 0 Å². The molecule has 7 heteroatoms. The maximum atomic E-state index is 12.5. The molecule has 0 unspecified atom stereocenters. The highest BCUT2D eigenvalue weighted by Gasteiger charge is 2.19. The van der Waals surface area contributed by atoms with Crippen LogP contribution < -0.4 is 5.73 Å². The number of halogens is 1. The van der Waals surface area contributed by atoms with Crippen LogP contribution in [0.1, 0.15) is 30.1 Å². The van der Waals surface area contributed by atoms with Crippen molar-refractivity contribution < 1.29 is 9.59 Å². The summed E-state index contributed by atoms with van der Waals surface area (Å²) in [6, 6.07) is 7.12. The monoisotopic (exact) mass is 334 g/mol. The zero-order valence-electron chi connectivity index (χ0n) is 12.9. The number of nitrogens with two attached hydrogens (primary N) is 1. The van der Waals surface area contributed by atoms with E-state index in [1.807, 2.05) is 19.1 Å². The molecule has 0 aliphatic carbocycles. The van der Waals surface area contributed by atoms with Gasteiger partial charge in [-0.05, 0) is 30.7 Å². The summed E-state index contributed by atoms with van der Waals surface area (Å²) in [5, 5.41) is 4.82. The lowest BCUT2D eigenvalue weighted by Gasteiger charge is -2.20. The minimum atomic E-state index is -0.528. The third kappa shape index (κ3) is 4.56. The van der Waals surface area contributed by atoms with Crippen molar-refractivity contribution in [2.45, 2.75) is 19.8 Å². The van der Waals surface area contributed by atoms with Gasteiger partial charge in [0.15, 0.2) is 0 Å². The Kier molecular flexibility index (Phi) is 5.76. The zero-order chi connectivity index (χ0) is 16.8. The molecule has 0 aliphatic heterocycles. The molecule has 0 radical (unpaired) electrons. The van der Waals surface area contributed by atoms with E-state index < -0.39 is 5.91 Å². The molecule has 122 valence electrons. The van der Waals surface area contributed by atoms with E-state index in [9.17, 15) is 9.59 Å². The van der Waals surface area contributed by atoms with Crippen LogP contribution >= 0.6 is 11.6 Å². The molecule has 1 aromatic heterocycles. The van der Waals surface area contributed by atoms with Gasteiger partial charge in [-0.15, -0.1) is 0 Å². The van der Waals surface area contributed by atoms with Gasteiger partial charge in [-0.2, -0.15) is 5.10 Å². The molecule has 2 amide bonds. The summed E-state index contributed by atoms with van der Waals surface area (Å²) < 4.78 is 1.59. The normalized spacial score (nSPS) is 10.5. The van der Waals surface area contributed by atoms with Crippen LogP contribution in [-0.4, -0.2) is 39.6 Å². The first kappa shape index (κ1) is 17.0. The van der Waals surface area contributed by atoms with Gasteiger partial charge < -0.3 is 10.6 Å². The summed E-state index contributed by atoms with van der Waals surface area (Å²) in [6.45, 7) is 2.42. The van der Waals surface area contributed by atoms with E-state index in [4.69, 9.17) is 17.3 Å². The van der Waals surface area contributed by atoms with Gasteiger partial charge in [-0.1, -0.05) is 24.9 Å². The van der Waals surface area contributed by atoms with Crippen LogP contribution in [0.15, 0.2) is 36.7 Å². The Hall–Kier alpha value is -2.34. The second-order valence-electron chi connectivity index (χ2n) is 5.20. The van der Waals surface area contributed by atoms with Crippen LogP contribution in [0.4, 0.5) is 0 Å². The van der Waals surface area contributed by atoms with Gasteiger partial charge in [0.2, 0.25) is 5.91 Å². The lowest BCUT2D eigenvalue weighted by Crippen LogP contribution is -2.39. The van der Waals surface area contributed by atoms with Crippen molar-refractivity contribution in [1.29, 1.82) is 0 Å². The number of nitrogens with zero attached hydrogens (tertiary/aromatic N) is 3. The molecule has 1 aromatic carbocycles. The number of hydrogen-bond donors (Lipinski definition) is 1. The number of rotatable bonds is 7. The topological polar surface area (TPSA) is 81.2 Å². The lowest BCUT2D eigenvalue weighted by molar-refractivity contribution is -0.118. The van der Waals surface area contributed by atoms with Gasteiger partial charge in [0.05, 0.1) is 24.0 Å². The Bertz CT molecular complexity index is 682. The predicted molar refractivity (Wildman–Crippen MR) is 88.6 cm³/mol. The molecular weight excluding hydrogens is 316 g/mol. The van der Waals surface area contributed by atoms with Gasteiger partial charge in [0, 0.05) is 17.8 Å². The van der Waals surface area contributed by atoms with Gasteiger partial charge in [0.1, 0.15) is 0 Å². The summed E-state index contributed by atoms with van der Waals surface area (Å²) in [7, 11) is 0. The fourth-order valence-electron chi connectivity index (χ4n) is 2.14. The Balaban J connectivity index is 2.17. The molecule has 0 saturated carbocycles. The Morgan fingerprint density at radius 1 is 1.30 bits per heavy atom. The van der Waals surface area contributed by atoms with E-state index in [0.29, 0.717) is 17.1 Å². The molecule has 6 nitrogen and oxygen atoms in total. The zero-order valence-corrected chi connectivity index (χ0v) is 13.7. The number of primary amides is 1. The highest BCUT2D eigenvalue weighted by atomic mass is 35.5. The van der Waals surface area contributed by atoms with E-state index in [2.05, 4.69) is 5.10 Å². The Labute approximate surface area is 139 Å². The van der Waals surface area contributed by atoms with Crippen molar-refractivity contribution in [2.75, 3.05) is 13.1 Å². The minimum Gasteiger partial charge on any atom is -0.368 e. The number of carbonyl (C=O) groups is 2. The molecule has 2 rings (SSSR count). The first-order valence-electron chi connectivity index (χ1n) is 7.39. The van der Waals surface area contributed by atoms with Crippen molar-refractivity contribution in [1.82, 2.24) is 14.7 Å². The van der Waals surface area contributed by atoms with Crippen LogP contribution in [0.2, 0.25) is 5.02 Å².